The molecule has 21 heavy (non-hydrogen) atoms. The van der Waals surface area contributed by atoms with Crippen molar-refractivity contribution in [2.75, 3.05) is 13.1 Å². The maximum atomic E-state index is 13.4. The second-order valence-electron chi connectivity index (χ2n) is 4.81. The first-order valence-electron chi connectivity index (χ1n) is 6.93. The van der Waals surface area contributed by atoms with E-state index in [-0.39, 0.29) is 24.3 Å². The Labute approximate surface area is 123 Å². The van der Waals surface area contributed by atoms with Gasteiger partial charge in [0.2, 0.25) is 5.91 Å². The molecular weight excluding hydrogens is 271 g/mol. The second kappa shape index (κ2) is 7.59. The molecule has 0 aliphatic rings. The quantitative estimate of drug-likeness (QED) is 0.823. The van der Waals surface area contributed by atoms with Gasteiger partial charge in [-0.25, -0.2) is 4.39 Å². The third-order valence-corrected chi connectivity index (χ3v) is 3.21. The monoisotopic (exact) mass is 290 g/mol. The van der Waals surface area contributed by atoms with E-state index in [0.717, 1.165) is 5.76 Å². The summed E-state index contributed by atoms with van der Waals surface area (Å²) in [5.41, 5.74) is 0.606. The van der Waals surface area contributed by atoms with Crippen LogP contribution in [0.1, 0.15) is 24.3 Å². The van der Waals surface area contributed by atoms with Crippen LogP contribution in [-0.2, 0) is 11.2 Å². The van der Waals surface area contributed by atoms with Crippen LogP contribution < -0.4 is 10.6 Å². The van der Waals surface area contributed by atoms with E-state index in [0.29, 0.717) is 18.5 Å². The number of rotatable bonds is 7. The summed E-state index contributed by atoms with van der Waals surface area (Å²) < 4.78 is 18.6. The van der Waals surface area contributed by atoms with Crippen molar-refractivity contribution < 1.29 is 13.6 Å². The van der Waals surface area contributed by atoms with Gasteiger partial charge in [-0.15, -0.1) is 0 Å². The molecule has 0 bridgehead atoms. The van der Waals surface area contributed by atoms with Gasteiger partial charge in [0.15, 0.2) is 0 Å². The molecule has 0 saturated heterocycles. The molecule has 2 rings (SSSR count). The zero-order valence-corrected chi connectivity index (χ0v) is 11.9. The predicted molar refractivity (Wildman–Crippen MR) is 78.2 cm³/mol. The van der Waals surface area contributed by atoms with Crippen molar-refractivity contribution in [3.63, 3.8) is 0 Å². The average molecular weight is 290 g/mol. The molecular formula is C16H19FN2O2. The van der Waals surface area contributed by atoms with E-state index in [2.05, 4.69) is 10.6 Å². The number of carbonyl (C=O) groups is 1. The lowest BCUT2D eigenvalue weighted by atomic mass is 10.1. The van der Waals surface area contributed by atoms with Crippen molar-refractivity contribution in [3.8, 4) is 0 Å². The van der Waals surface area contributed by atoms with Crippen LogP contribution in [-0.4, -0.2) is 19.0 Å². The zero-order chi connectivity index (χ0) is 15.1. The summed E-state index contributed by atoms with van der Waals surface area (Å²) in [7, 11) is 0. The first-order valence-corrected chi connectivity index (χ1v) is 6.93. The summed E-state index contributed by atoms with van der Waals surface area (Å²) in [6, 6.07) is 10.2. The zero-order valence-electron chi connectivity index (χ0n) is 11.9. The highest BCUT2D eigenvalue weighted by molar-refractivity contribution is 5.78. The molecule has 0 saturated carbocycles. The van der Waals surface area contributed by atoms with Gasteiger partial charge < -0.3 is 9.73 Å². The number of carbonyl (C=O) groups excluding carboxylic acids is 1. The molecule has 112 valence electrons. The van der Waals surface area contributed by atoms with E-state index in [4.69, 9.17) is 4.42 Å². The Morgan fingerprint density at radius 1 is 1.29 bits per heavy atom. The molecule has 0 unspecified atom stereocenters. The smallest absolute Gasteiger partial charge is 0.233 e. The lowest BCUT2D eigenvalue weighted by molar-refractivity contribution is -0.120. The Balaban J connectivity index is 1.67. The van der Waals surface area contributed by atoms with E-state index in [1.165, 1.54) is 6.07 Å². The van der Waals surface area contributed by atoms with Crippen molar-refractivity contribution >= 4 is 5.91 Å². The van der Waals surface area contributed by atoms with E-state index in [1.807, 2.05) is 19.1 Å². The summed E-state index contributed by atoms with van der Waals surface area (Å²) in [6.07, 6.45) is 2.08. The maximum Gasteiger partial charge on any atom is 0.233 e. The van der Waals surface area contributed by atoms with Crippen LogP contribution in [0.25, 0.3) is 0 Å². The highest BCUT2D eigenvalue weighted by atomic mass is 19.1. The van der Waals surface area contributed by atoms with Crippen LogP contribution in [0.15, 0.2) is 47.1 Å². The van der Waals surface area contributed by atoms with Crippen LogP contribution in [0.5, 0.6) is 0 Å². The van der Waals surface area contributed by atoms with Crippen molar-refractivity contribution in [2.45, 2.75) is 19.4 Å². The standard InChI is InChI=1S/C16H19FN2O2/c1-12(15-7-4-10-21-15)19-11-16(20)18-9-8-13-5-2-3-6-14(13)17/h2-7,10,12,19H,8-9,11H2,1H3,(H,18,20)/t12-/m0/s1. The molecule has 2 aromatic rings. The summed E-state index contributed by atoms with van der Waals surface area (Å²) in [5, 5.41) is 5.83. The number of benzene rings is 1. The number of halogens is 1. The van der Waals surface area contributed by atoms with Gasteiger partial charge in [0.05, 0.1) is 18.8 Å². The van der Waals surface area contributed by atoms with Gasteiger partial charge >= 0.3 is 0 Å². The first kappa shape index (κ1) is 15.3. The second-order valence-corrected chi connectivity index (χ2v) is 4.81. The highest BCUT2D eigenvalue weighted by Gasteiger charge is 2.09. The van der Waals surface area contributed by atoms with Gasteiger partial charge in [-0.3, -0.25) is 10.1 Å². The molecule has 5 heteroatoms. The minimum Gasteiger partial charge on any atom is -0.468 e. The van der Waals surface area contributed by atoms with Crippen LogP contribution >= 0.6 is 0 Å². The molecule has 0 radical (unpaired) electrons. The molecule has 1 aromatic carbocycles. The Hall–Kier alpha value is -2.14. The molecule has 1 heterocycles. The molecule has 0 aliphatic carbocycles. The van der Waals surface area contributed by atoms with Gasteiger partial charge in [0, 0.05) is 6.54 Å². The number of furan rings is 1. The predicted octanol–water partition coefficient (Wildman–Crippen LogP) is 2.43. The fourth-order valence-corrected chi connectivity index (χ4v) is 1.98. The summed E-state index contributed by atoms with van der Waals surface area (Å²) in [4.78, 5) is 11.7. The fourth-order valence-electron chi connectivity index (χ4n) is 1.98. The number of nitrogens with one attached hydrogen (secondary N) is 2. The number of hydrogen-bond acceptors (Lipinski definition) is 3. The van der Waals surface area contributed by atoms with Crippen LogP contribution in [0.2, 0.25) is 0 Å². The summed E-state index contributed by atoms with van der Waals surface area (Å²) >= 11 is 0. The fraction of sp³-hybridized carbons (Fsp3) is 0.312. The molecule has 0 aliphatic heterocycles. The van der Waals surface area contributed by atoms with Gasteiger partial charge in [0.25, 0.3) is 0 Å². The van der Waals surface area contributed by atoms with Crippen molar-refractivity contribution in [1.82, 2.24) is 10.6 Å². The molecule has 4 nitrogen and oxygen atoms in total. The first-order chi connectivity index (χ1) is 10.2. The lowest BCUT2D eigenvalue weighted by Crippen LogP contribution is -2.36. The summed E-state index contributed by atoms with van der Waals surface area (Å²) in [5.74, 6) is 0.426. The third-order valence-electron chi connectivity index (χ3n) is 3.21. The molecule has 1 aromatic heterocycles. The Morgan fingerprint density at radius 2 is 2.10 bits per heavy atom. The van der Waals surface area contributed by atoms with Crippen LogP contribution in [0.4, 0.5) is 4.39 Å². The number of hydrogen-bond donors (Lipinski definition) is 2. The molecule has 1 atom stereocenters. The molecule has 2 N–H and O–H groups in total. The SMILES string of the molecule is C[C@H](NCC(=O)NCCc1ccccc1F)c1ccco1. The van der Waals surface area contributed by atoms with Gasteiger partial charge in [0.1, 0.15) is 11.6 Å². The van der Waals surface area contributed by atoms with Gasteiger partial charge in [-0.1, -0.05) is 18.2 Å². The molecule has 1 amide bonds. The minimum atomic E-state index is -0.240. The average Bonchev–Trinajstić information content (AvgIpc) is 3.01. The van der Waals surface area contributed by atoms with Crippen LogP contribution in [0, 0.1) is 5.82 Å². The van der Waals surface area contributed by atoms with Gasteiger partial charge in [-0.2, -0.15) is 0 Å². The van der Waals surface area contributed by atoms with E-state index in [1.54, 1.807) is 24.5 Å². The van der Waals surface area contributed by atoms with Crippen molar-refractivity contribution in [2.24, 2.45) is 0 Å². The van der Waals surface area contributed by atoms with Crippen molar-refractivity contribution in [3.05, 3.63) is 59.8 Å². The number of amides is 1. The maximum absolute atomic E-state index is 13.4. The van der Waals surface area contributed by atoms with Crippen molar-refractivity contribution in [1.29, 1.82) is 0 Å². The van der Waals surface area contributed by atoms with E-state index < -0.39 is 0 Å². The minimum absolute atomic E-state index is 0.0303. The van der Waals surface area contributed by atoms with E-state index in [9.17, 15) is 9.18 Å². The van der Waals surface area contributed by atoms with E-state index >= 15 is 0 Å². The topological polar surface area (TPSA) is 54.3 Å². The van der Waals surface area contributed by atoms with Crippen LogP contribution in [0.3, 0.4) is 0 Å². The summed E-state index contributed by atoms with van der Waals surface area (Å²) in [6.45, 7) is 2.53. The third kappa shape index (κ3) is 4.72. The normalized spacial score (nSPS) is 12.1. The lowest BCUT2D eigenvalue weighted by Gasteiger charge is -2.11. The Morgan fingerprint density at radius 3 is 2.81 bits per heavy atom. The Kier molecular flexibility index (Phi) is 5.51. The molecule has 0 spiro atoms. The highest BCUT2D eigenvalue weighted by Crippen LogP contribution is 2.11. The Bertz CT molecular complexity index is 569. The van der Waals surface area contributed by atoms with Gasteiger partial charge in [-0.05, 0) is 37.1 Å². The molecule has 0 fully saturated rings. The largest absolute Gasteiger partial charge is 0.468 e.